The second-order valence-electron chi connectivity index (χ2n) is 6.07. The molecule has 0 atom stereocenters. The fourth-order valence-corrected chi connectivity index (χ4v) is 2.52. The van der Waals surface area contributed by atoms with E-state index in [1.165, 1.54) is 12.8 Å². The van der Waals surface area contributed by atoms with Crippen LogP contribution in [-0.4, -0.2) is 87.7 Å². The van der Waals surface area contributed by atoms with Crippen molar-refractivity contribution >= 4 is 11.8 Å². The Morgan fingerprint density at radius 2 is 1.91 bits per heavy atom. The number of amides is 2. The van der Waals surface area contributed by atoms with Gasteiger partial charge in [-0.05, 0) is 25.3 Å². The second-order valence-corrected chi connectivity index (χ2v) is 6.07. The first-order valence-electron chi connectivity index (χ1n) is 8.15. The summed E-state index contributed by atoms with van der Waals surface area (Å²) >= 11 is 0. The summed E-state index contributed by atoms with van der Waals surface area (Å²) in [5.41, 5.74) is 0. The number of hydrogen-bond acceptors (Lipinski definition) is 5. The van der Waals surface area contributed by atoms with Gasteiger partial charge >= 0.3 is 0 Å². The minimum atomic E-state index is 0.0166. The first kappa shape index (κ1) is 17.2. The summed E-state index contributed by atoms with van der Waals surface area (Å²) in [6.45, 7) is 5.79. The molecule has 2 rings (SSSR count). The summed E-state index contributed by atoms with van der Waals surface area (Å²) in [5, 5.41) is 6.05. The molecule has 2 aliphatic rings. The lowest BCUT2D eigenvalue weighted by atomic mass is 10.3. The third kappa shape index (κ3) is 6.29. The van der Waals surface area contributed by atoms with Gasteiger partial charge in [-0.25, -0.2) is 0 Å². The molecule has 126 valence electrons. The Bertz CT molecular complexity index is 366. The summed E-state index contributed by atoms with van der Waals surface area (Å²) in [6, 6.07) is 0. The van der Waals surface area contributed by atoms with E-state index in [1.807, 2.05) is 4.90 Å². The Morgan fingerprint density at radius 1 is 1.18 bits per heavy atom. The molecule has 0 aromatic heterocycles. The van der Waals surface area contributed by atoms with Gasteiger partial charge in [0.15, 0.2) is 0 Å². The van der Waals surface area contributed by atoms with E-state index in [2.05, 4.69) is 15.5 Å². The van der Waals surface area contributed by atoms with Crippen LogP contribution in [0.15, 0.2) is 0 Å². The van der Waals surface area contributed by atoms with Crippen molar-refractivity contribution in [2.75, 3.05) is 66.1 Å². The van der Waals surface area contributed by atoms with Crippen LogP contribution < -0.4 is 10.6 Å². The Hall–Kier alpha value is -1.18. The van der Waals surface area contributed by atoms with E-state index in [-0.39, 0.29) is 11.8 Å². The molecule has 0 aromatic rings. The van der Waals surface area contributed by atoms with E-state index in [1.54, 1.807) is 7.11 Å². The average molecular weight is 312 g/mol. The van der Waals surface area contributed by atoms with E-state index in [9.17, 15) is 9.59 Å². The molecule has 1 aliphatic heterocycles. The van der Waals surface area contributed by atoms with Crippen LogP contribution in [0.1, 0.15) is 12.8 Å². The van der Waals surface area contributed by atoms with Gasteiger partial charge in [0.25, 0.3) is 0 Å². The number of piperazine rings is 1. The second kappa shape index (κ2) is 9.07. The number of nitrogens with zero attached hydrogens (tertiary/aromatic N) is 2. The van der Waals surface area contributed by atoms with Crippen molar-refractivity contribution in [3.05, 3.63) is 0 Å². The van der Waals surface area contributed by atoms with Gasteiger partial charge in [-0.15, -0.1) is 0 Å². The number of carbonyl (C=O) groups is 2. The Balaban J connectivity index is 1.56. The molecule has 7 nitrogen and oxygen atoms in total. The highest BCUT2D eigenvalue weighted by molar-refractivity contribution is 5.79. The molecule has 1 heterocycles. The highest BCUT2D eigenvalue weighted by atomic mass is 16.5. The van der Waals surface area contributed by atoms with Crippen molar-refractivity contribution in [3.8, 4) is 0 Å². The topological polar surface area (TPSA) is 73.9 Å². The molecule has 2 amide bonds. The van der Waals surface area contributed by atoms with Crippen molar-refractivity contribution < 1.29 is 14.3 Å². The molecule has 0 radical (unpaired) electrons. The minimum Gasteiger partial charge on any atom is -0.383 e. The Kier molecular flexibility index (Phi) is 7.08. The van der Waals surface area contributed by atoms with Crippen molar-refractivity contribution in [1.29, 1.82) is 0 Å². The summed E-state index contributed by atoms with van der Waals surface area (Å²) in [7, 11) is 1.61. The fourth-order valence-electron chi connectivity index (χ4n) is 2.52. The maximum Gasteiger partial charge on any atom is 0.236 e. The van der Waals surface area contributed by atoms with Crippen LogP contribution in [0, 0.1) is 5.92 Å². The first-order chi connectivity index (χ1) is 10.7. The van der Waals surface area contributed by atoms with E-state index in [4.69, 9.17) is 4.74 Å². The third-order valence-corrected chi connectivity index (χ3v) is 4.13. The van der Waals surface area contributed by atoms with Crippen molar-refractivity contribution in [2.45, 2.75) is 12.8 Å². The van der Waals surface area contributed by atoms with Gasteiger partial charge in [0, 0.05) is 39.8 Å². The van der Waals surface area contributed by atoms with Crippen LogP contribution in [0.25, 0.3) is 0 Å². The number of hydrogen-bond donors (Lipinski definition) is 2. The van der Waals surface area contributed by atoms with E-state index >= 15 is 0 Å². The monoisotopic (exact) mass is 312 g/mol. The number of ether oxygens (including phenoxy) is 1. The zero-order chi connectivity index (χ0) is 15.8. The lowest BCUT2D eigenvalue weighted by molar-refractivity contribution is -0.132. The van der Waals surface area contributed by atoms with Gasteiger partial charge in [0.2, 0.25) is 11.8 Å². The first-order valence-corrected chi connectivity index (χ1v) is 8.15. The smallest absolute Gasteiger partial charge is 0.236 e. The molecule has 0 spiro atoms. The summed E-state index contributed by atoms with van der Waals surface area (Å²) in [5.74, 6) is 0.981. The predicted octanol–water partition coefficient (Wildman–Crippen LogP) is -1.11. The molecule has 22 heavy (non-hydrogen) atoms. The maximum absolute atomic E-state index is 12.1. The highest BCUT2D eigenvalue weighted by Gasteiger charge is 2.24. The van der Waals surface area contributed by atoms with Gasteiger partial charge < -0.3 is 20.3 Å². The van der Waals surface area contributed by atoms with Crippen LogP contribution >= 0.6 is 0 Å². The summed E-state index contributed by atoms with van der Waals surface area (Å²) in [4.78, 5) is 27.7. The maximum atomic E-state index is 12.1. The van der Waals surface area contributed by atoms with Gasteiger partial charge in [0.1, 0.15) is 0 Å². The van der Waals surface area contributed by atoms with E-state index in [0.29, 0.717) is 39.3 Å². The van der Waals surface area contributed by atoms with Crippen molar-refractivity contribution in [2.24, 2.45) is 5.92 Å². The fraction of sp³-hybridized carbons (Fsp3) is 0.867. The van der Waals surface area contributed by atoms with Crippen LogP contribution in [-0.2, 0) is 14.3 Å². The SMILES string of the molecule is COCCNC(=O)CN1CCN(C(=O)CNCC2CC2)CC1. The van der Waals surface area contributed by atoms with Crippen LogP contribution in [0.4, 0.5) is 0 Å². The number of methoxy groups -OCH3 is 1. The molecule has 1 saturated heterocycles. The molecule has 1 saturated carbocycles. The highest BCUT2D eigenvalue weighted by Crippen LogP contribution is 2.27. The molecular formula is C15H28N4O3. The van der Waals surface area contributed by atoms with Crippen LogP contribution in [0.5, 0.6) is 0 Å². The standard InChI is InChI=1S/C15H28N4O3/c1-22-9-4-17-14(20)12-18-5-7-19(8-6-18)15(21)11-16-10-13-2-3-13/h13,16H,2-12H2,1H3,(H,17,20). The Morgan fingerprint density at radius 3 is 2.55 bits per heavy atom. The molecule has 1 aliphatic carbocycles. The number of carbonyl (C=O) groups excluding carboxylic acids is 2. The van der Waals surface area contributed by atoms with E-state index < -0.39 is 0 Å². The number of nitrogens with one attached hydrogen (secondary N) is 2. The minimum absolute atomic E-state index is 0.0166. The molecule has 7 heteroatoms. The zero-order valence-electron chi connectivity index (χ0n) is 13.5. The molecule has 0 unspecified atom stereocenters. The quantitative estimate of drug-likeness (QED) is 0.528. The molecule has 0 bridgehead atoms. The molecule has 2 N–H and O–H groups in total. The molecule has 0 aromatic carbocycles. The van der Waals surface area contributed by atoms with Gasteiger partial charge in [-0.2, -0.15) is 0 Å². The summed E-state index contributed by atoms with van der Waals surface area (Å²) < 4.78 is 4.89. The zero-order valence-corrected chi connectivity index (χ0v) is 13.5. The van der Waals surface area contributed by atoms with Crippen molar-refractivity contribution in [3.63, 3.8) is 0 Å². The normalized spacial score (nSPS) is 19.2. The summed E-state index contributed by atoms with van der Waals surface area (Å²) in [6.07, 6.45) is 2.60. The van der Waals surface area contributed by atoms with Crippen LogP contribution in [0.2, 0.25) is 0 Å². The van der Waals surface area contributed by atoms with Gasteiger partial charge in [-0.1, -0.05) is 0 Å². The lowest BCUT2D eigenvalue weighted by Crippen LogP contribution is -2.52. The third-order valence-electron chi connectivity index (χ3n) is 4.13. The average Bonchev–Trinajstić information content (AvgIpc) is 3.32. The van der Waals surface area contributed by atoms with Crippen molar-refractivity contribution in [1.82, 2.24) is 20.4 Å². The Labute approximate surface area is 132 Å². The van der Waals surface area contributed by atoms with Crippen LogP contribution in [0.3, 0.4) is 0 Å². The predicted molar refractivity (Wildman–Crippen MR) is 83.5 cm³/mol. The van der Waals surface area contributed by atoms with E-state index in [0.717, 1.165) is 25.6 Å². The largest absolute Gasteiger partial charge is 0.383 e. The number of rotatable bonds is 9. The molecular weight excluding hydrogens is 284 g/mol. The molecule has 2 fully saturated rings. The van der Waals surface area contributed by atoms with Gasteiger partial charge in [0.05, 0.1) is 19.7 Å². The lowest BCUT2D eigenvalue weighted by Gasteiger charge is -2.34. The van der Waals surface area contributed by atoms with Gasteiger partial charge in [-0.3, -0.25) is 14.5 Å².